The molecule has 8 nitrogen and oxygen atoms in total. The summed E-state index contributed by atoms with van der Waals surface area (Å²) in [4.78, 5) is 36.5. The molecule has 8 heteroatoms. The molecule has 0 bridgehead atoms. The molecule has 2 atom stereocenters. The first-order valence-electron chi connectivity index (χ1n) is 8.23. The number of rotatable bonds is 5. The molecule has 1 aromatic carbocycles. The van der Waals surface area contributed by atoms with Crippen LogP contribution < -0.4 is 5.32 Å². The number of carbonyl (C=O) groups is 2. The van der Waals surface area contributed by atoms with Crippen molar-refractivity contribution in [2.75, 3.05) is 32.1 Å². The number of nitro benzene ring substituents is 1. The van der Waals surface area contributed by atoms with E-state index in [0.29, 0.717) is 30.6 Å². The van der Waals surface area contributed by atoms with Gasteiger partial charge in [0.1, 0.15) is 0 Å². The second-order valence-corrected chi connectivity index (χ2v) is 6.56. The molecule has 1 aliphatic rings. The highest BCUT2D eigenvalue weighted by molar-refractivity contribution is 5.97. The molecule has 1 amide bonds. The quantitative estimate of drug-likeness (QED) is 0.497. The van der Waals surface area contributed by atoms with Crippen LogP contribution in [-0.4, -0.2) is 48.4 Å². The van der Waals surface area contributed by atoms with Crippen LogP contribution in [0.1, 0.15) is 30.6 Å². The van der Waals surface area contributed by atoms with E-state index in [9.17, 15) is 19.7 Å². The summed E-state index contributed by atoms with van der Waals surface area (Å²) < 4.78 is 5.10. The van der Waals surface area contributed by atoms with Crippen LogP contribution >= 0.6 is 0 Å². The monoisotopic (exact) mass is 349 g/mol. The Balaban J connectivity index is 2.03. The van der Waals surface area contributed by atoms with Crippen LogP contribution in [0.25, 0.3) is 0 Å². The van der Waals surface area contributed by atoms with E-state index >= 15 is 0 Å². The molecule has 1 N–H and O–H groups in total. The number of nitro groups is 1. The molecular formula is C17H23N3O5. The number of carbonyl (C=O) groups excluding carboxylic acids is 2. The summed E-state index contributed by atoms with van der Waals surface area (Å²) in [5.74, 6) is -0.185. The number of ether oxygens (including phenoxy) is 1. The van der Waals surface area contributed by atoms with E-state index in [0.717, 1.165) is 12.5 Å². The normalized spacial score (nSPS) is 20.0. The third kappa shape index (κ3) is 4.68. The highest BCUT2D eigenvalue weighted by atomic mass is 16.6. The van der Waals surface area contributed by atoms with Gasteiger partial charge in [-0.25, -0.2) is 4.79 Å². The summed E-state index contributed by atoms with van der Waals surface area (Å²) in [5.41, 5.74) is 0.226. The zero-order chi connectivity index (χ0) is 18.6. The molecule has 2 rings (SSSR count). The number of non-ortho nitro benzene ring substituents is 1. The smallest absolute Gasteiger partial charge is 0.341 e. The number of benzene rings is 1. The van der Waals surface area contributed by atoms with Crippen molar-refractivity contribution in [1.29, 1.82) is 0 Å². The molecule has 0 radical (unpaired) electrons. The zero-order valence-corrected chi connectivity index (χ0v) is 14.7. The summed E-state index contributed by atoms with van der Waals surface area (Å²) in [6.45, 7) is 5.11. The number of nitrogens with one attached hydrogen (secondary N) is 1. The van der Waals surface area contributed by atoms with Crippen LogP contribution in [0.5, 0.6) is 0 Å². The van der Waals surface area contributed by atoms with Gasteiger partial charge in [-0.1, -0.05) is 13.8 Å². The van der Waals surface area contributed by atoms with Crippen molar-refractivity contribution >= 4 is 23.3 Å². The molecule has 1 aromatic rings. The fraction of sp³-hybridized carbons (Fsp3) is 0.529. The van der Waals surface area contributed by atoms with Gasteiger partial charge >= 0.3 is 5.97 Å². The van der Waals surface area contributed by atoms with Gasteiger partial charge in [0.25, 0.3) is 11.6 Å². The predicted molar refractivity (Wildman–Crippen MR) is 92.5 cm³/mol. The van der Waals surface area contributed by atoms with Gasteiger partial charge in [-0.05, 0) is 24.3 Å². The van der Waals surface area contributed by atoms with E-state index in [1.807, 2.05) is 0 Å². The van der Waals surface area contributed by atoms with Crippen molar-refractivity contribution in [2.24, 2.45) is 11.8 Å². The van der Waals surface area contributed by atoms with Crippen molar-refractivity contribution in [3.05, 3.63) is 33.9 Å². The fourth-order valence-electron chi connectivity index (χ4n) is 3.20. The number of anilines is 1. The molecule has 136 valence electrons. The Bertz CT molecular complexity index is 666. The lowest BCUT2D eigenvalue weighted by Crippen LogP contribution is -2.44. The van der Waals surface area contributed by atoms with Gasteiger partial charge < -0.3 is 15.0 Å². The van der Waals surface area contributed by atoms with Crippen molar-refractivity contribution < 1.29 is 19.2 Å². The van der Waals surface area contributed by atoms with E-state index in [-0.39, 0.29) is 23.8 Å². The molecule has 0 saturated carbocycles. The number of nitrogens with zero attached hydrogens (tertiary/aromatic N) is 2. The minimum absolute atomic E-state index is 0.0323. The summed E-state index contributed by atoms with van der Waals surface area (Å²) in [7, 11) is 1.60. The average molecular weight is 349 g/mol. The Hall–Kier alpha value is -2.64. The van der Waals surface area contributed by atoms with Crippen molar-refractivity contribution in [3.8, 4) is 0 Å². The first-order valence-corrected chi connectivity index (χ1v) is 8.23. The Morgan fingerprint density at radius 1 is 1.32 bits per heavy atom. The van der Waals surface area contributed by atoms with Gasteiger partial charge in [0.2, 0.25) is 0 Å². The standard InChI is InChI=1S/C17H23N3O5/c1-11-6-12(2)9-19(8-11)16(21)10-25-17(22)14-7-13(20(23)24)4-5-15(14)18-3/h4-5,7,11-12,18H,6,8-10H2,1-3H3/t11-,12-/m0/s1. The topological polar surface area (TPSA) is 102 Å². The first kappa shape index (κ1) is 18.7. The molecule has 0 unspecified atom stereocenters. The molecule has 0 spiro atoms. The summed E-state index contributed by atoms with van der Waals surface area (Å²) in [6.07, 6.45) is 1.07. The van der Waals surface area contributed by atoms with Crippen LogP contribution in [0.3, 0.4) is 0 Å². The summed E-state index contributed by atoms with van der Waals surface area (Å²) in [6, 6.07) is 3.87. The van der Waals surface area contributed by atoms with Gasteiger partial charge in [-0.2, -0.15) is 0 Å². The Labute approximate surface area is 146 Å². The Morgan fingerprint density at radius 3 is 2.52 bits per heavy atom. The molecular weight excluding hydrogens is 326 g/mol. The number of amides is 1. The summed E-state index contributed by atoms with van der Waals surface area (Å²) in [5, 5.41) is 13.7. The maximum Gasteiger partial charge on any atom is 0.341 e. The molecule has 1 fully saturated rings. The second kappa shape index (κ2) is 7.96. The first-order chi connectivity index (χ1) is 11.8. The highest BCUT2D eigenvalue weighted by Gasteiger charge is 2.26. The number of hydrogen-bond acceptors (Lipinski definition) is 6. The zero-order valence-electron chi connectivity index (χ0n) is 14.7. The lowest BCUT2D eigenvalue weighted by Gasteiger charge is -2.34. The van der Waals surface area contributed by atoms with Crippen LogP contribution in [0.15, 0.2) is 18.2 Å². The molecule has 0 aromatic heterocycles. The number of likely N-dealkylation sites (tertiary alicyclic amines) is 1. The van der Waals surface area contributed by atoms with Gasteiger partial charge in [-0.15, -0.1) is 0 Å². The predicted octanol–water partition coefficient (Wildman–Crippen LogP) is 2.30. The number of piperidine rings is 1. The van der Waals surface area contributed by atoms with Crippen molar-refractivity contribution in [2.45, 2.75) is 20.3 Å². The molecule has 1 heterocycles. The minimum atomic E-state index is -0.764. The average Bonchev–Trinajstić information content (AvgIpc) is 2.57. The third-order valence-electron chi connectivity index (χ3n) is 4.25. The molecule has 1 aliphatic heterocycles. The lowest BCUT2D eigenvalue weighted by atomic mass is 9.92. The summed E-state index contributed by atoms with van der Waals surface area (Å²) >= 11 is 0. The lowest BCUT2D eigenvalue weighted by molar-refractivity contribution is -0.384. The van der Waals surface area contributed by atoms with Gasteiger partial charge in [0.05, 0.1) is 10.5 Å². The van der Waals surface area contributed by atoms with Crippen LogP contribution in [0.4, 0.5) is 11.4 Å². The molecule has 1 saturated heterocycles. The van der Waals surface area contributed by atoms with E-state index in [1.165, 1.54) is 12.1 Å². The molecule has 25 heavy (non-hydrogen) atoms. The van der Waals surface area contributed by atoms with E-state index in [1.54, 1.807) is 11.9 Å². The third-order valence-corrected chi connectivity index (χ3v) is 4.25. The SMILES string of the molecule is CNc1ccc([N+](=O)[O-])cc1C(=O)OCC(=O)N1C[C@@H](C)C[C@H](C)C1. The van der Waals surface area contributed by atoms with Gasteiger partial charge in [0, 0.05) is 38.0 Å². The van der Waals surface area contributed by atoms with Gasteiger partial charge in [-0.3, -0.25) is 14.9 Å². The number of hydrogen-bond donors (Lipinski definition) is 1. The van der Waals surface area contributed by atoms with E-state index < -0.39 is 10.9 Å². The fourth-order valence-corrected chi connectivity index (χ4v) is 3.20. The van der Waals surface area contributed by atoms with Crippen molar-refractivity contribution in [3.63, 3.8) is 0 Å². The second-order valence-electron chi connectivity index (χ2n) is 6.56. The van der Waals surface area contributed by atoms with Gasteiger partial charge in [0.15, 0.2) is 6.61 Å². The van der Waals surface area contributed by atoms with Crippen LogP contribution in [0.2, 0.25) is 0 Å². The van der Waals surface area contributed by atoms with Crippen molar-refractivity contribution in [1.82, 2.24) is 4.90 Å². The Morgan fingerprint density at radius 2 is 1.96 bits per heavy atom. The molecule has 0 aliphatic carbocycles. The van der Waals surface area contributed by atoms with E-state index in [4.69, 9.17) is 4.74 Å². The maximum atomic E-state index is 12.3. The van der Waals surface area contributed by atoms with E-state index in [2.05, 4.69) is 19.2 Å². The Kier molecular flexibility index (Phi) is 5.95. The highest BCUT2D eigenvalue weighted by Crippen LogP contribution is 2.23. The van der Waals surface area contributed by atoms with Crippen LogP contribution in [0, 0.1) is 22.0 Å². The number of esters is 1. The maximum absolute atomic E-state index is 12.3. The minimum Gasteiger partial charge on any atom is -0.452 e. The van der Waals surface area contributed by atoms with Crippen LogP contribution in [-0.2, 0) is 9.53 Å². The largest absolute Gasteiger partial charge is 0.452 e.